The van der Waals surface area contributed by atoms with Crippen LogP contribution >= 0.6 is 23.2 Å². The molecule has 4 nitrogen and oxygen atoms in total. The van der Waals surface area contributed by atoms with Crippen molar-refractivity contribution in [3.05, 3.63) is 81.8 Å². The smallest absolute Gasteiger partial charge is 0.106 e. The summed E-state index contributed by atoms with van der Waals surface area (Å²) in [4.78, 5) is 8.00. The molecule has 0 aliphatic heterocycles. The van der Waals surface area contributed by atoms with Crippen LogP contribution in [0.2, 0.25) is 10.0 Å². The number of aryl methyl sites for hydroxylation is 1. The number of benzene rings is 3. The first kappa shape index (κ1) is 22.8. The lowest BCUT2D eigenvalue weighted by molar-refractivity contribution is -0.0979. The molecule has 3 aromatic rings. The van der Waals surface area contributed by atoms with Gasteiger partial charge in [-0.2, -0.15) is 0 Å². The lowest BCUT2D eigenvalue weighted by atomic mass is 9.89. The normalized spacial score (nSPS) is 14.5. The molecule has 1 aliphatic carbocycles. The van der Waals surface area contributed by atoms with E-state index >= 15 is 0 Å². The fourth-order valence-corrected chi connectivity index (χ4v) is 3.64. The molecule has 1 aliphatic rings. The molecule has 0 saturated heterocycles. The van der Waals surface area contributed by atoms with Gasteiger partial charge in [-0.3, -0.25) is 0 Å². The minimum atomic E-state index is -0.192. The Labute approximate surface area is 181 Å². The SMILES string of the molecule is C=O.Nc1cccc(-c2cccc(Cl)c2Cl)c1.Nc1cccc2c1CC(O)CC2. The zero-order chi connectivity index (χ0) is 21.4. The summed E-state index contributed by atoms with van der Waals surface area (Å²) in [6.45, 7) is 2.00. The fourth-order valence-electron chi connectivity index (χ4n) is 3.23. The van der Waals surface area contributed by atoms with Crippen LogP contribution in [-0.4, -0.2) is 18.0 Å². The van der Waals surface area contributed by atoms with Gasteiger partial charge in [-0.1, -0.05) is 59.6 Å². The second kappa shape index (κ2) is 10.9. The number of nitrogens with two attached hydrogens (primary N) is 2. The Morgan fingerprint density at radius 3 is 2.38 bits per heavy atom. The van der Waals surface area contributed by atoms with E-state index in [1.807, 2.05) is 55.3 Å². The predicted molar refractivity (Wildman–Crippen MR) is 122 cm³/mol. The van der Waals surface area contributed by atoms with Gasteiger partial charge in [0.05, 0.1) is 16.1 Å². The highest BCUT2D eigenvalue weighted by Crippen LogP contribution is 2.33. The van der Waals surface area contributed by atoms with Gasteiger partial charge < -0.3 is 21.4 Å². The monoisotopic (exact) mass is 430 g/mol. The summed E-state index contributed by atoms with van der Waals surface area (Å²) >= 11 is 12.0. The summed E-state index contributed by atoms with van der Waals surface area (Å²) in [6.07, 6.45) is 2.36. The fraction of sp³-hybridized carbons (Fsp3) is 0.174. The highest BCUT2D eigenvalue weighted by atomic mass is 35.5. The molecular formula is C23H24Cl2N2O2. The molecule has 0 bridgehead atoms. The predicted octanol–water partition coefficient (Wildman–Crippen LogP) is 5.18. The highest BCUT2D eigenvalue weighted by molar-refractivity contribution is 6.43. The van der Waals surface area contributed by atoms with Crippen molar-refractivity contribution in [2.24, 2.45) is 0 Å². The first-order valence-corrected chi connectivity index (χ1v) is 9.84. The molecule has 0 spiro atoms. The van der Waals surface area contributed by atoms with E-state index in [1.54, 1.807) is 6.07 Å². The van der Waals surface area contributed by atoms with Crippen molar-refractivity contribution in [3.63, 3.8) is 0 Å². The molecule has 1 atom stereocenters. The third-order valence-electron chi connectivity index (χ3n) is 4.65. The number of hydrogen-bond donors (Lipinski definition) is 3. The standard InChI is InChI=1S/C12H9Cl2N.C10H13NO.CH2O/c13-11-6-2-5-10(12(11)14)8-3-1-4-9(15)7-8;11-10-3-1-2-7-4-5-8(12)6-9(7)10;1-2/h1-7H,15H2;1-3,8,12H,4-6,11H2;1H2. The zero-order valence-electron chi connectivity index (χ0n) is 15.9. The van der Waals surface area contributed by atoms with Crippen LogP contribution < -0.4 is 11.5 Å². The van der Waals surface area contributed by atoms with Crippen molar-refractivity contribution in [1.82, 2.24) is 0 Å². The number of hydrogen-bond acceptors (Lipinski definition) is 4. The van der Waals surface area contributed by atoms with Crippen molar-refractivity contribution < 1.29 is 9.90 Å². The molecule has 29 heavy (non-hydrogen) atoms. The molecular weight excluding hydrogens is 407 g/mol. The average Bonchev–Trinajstić information content (AvgIpc) is 2.73. The second-order valence-corrected chi connectivity index (χ2v) is 7.39. The summed E-state index contributed by atoms with van der Waals surface area (Å²) < 4.78 is 0. The molecule has 6 heteroatoms. The maximum absolute atomic E-state index is 9.42. The van der Waals surface area contributed by atoms with Crippen molar-refractivity contribution in [2.45, 2.75) is 25.4 Å². The Balaban J connectivity index is 0.000000194. The summed E-state index contributed by atoms with van der Waals surface area (Å²) in [6, 6.07) is 19.1. The number of rotatable bonds is 1. The van der Waals surface area contributed by atoms with E-state index in [4.69, 9.17) is 39.5 Å². The third-order valence-corrected chi connectivity index (χ3v) is 5.46. The maximum atomic E-state index is 9.42. The third kappa shape index (κ3) is 5.97. The summed E-state index contributed by atoms with van der Waals surface area (Å²) in [5, 5.41) is 10.5. The summed E-state index contributed by atoms with van der Waals surface area (Å²) in [5.41, 5.74) is 17.4. The Hall–Kier alpha value is -2.53. The van der Waals surface area contributed by atoms with Crippen molar-refractivity contribution in [1.29, 1.82) is 0 Å². The van der Waals surface area contributed by atoms with Crippen LogP contribution in [0.5, 0.6) is 0 Å². The van der Waals surface area contributed by atoms with Crippen molar-refractivity contribution in [2.75, 3.05) is 11.5 Å². The van der Waals surface area contributed by atoms with Crippen molar-refractivity contribution in [3.8, 4) is 11.1 Å². The van der Waals surface area contributed by atoms with Crippen LogP contribution in [0.15, 0.2) is 60.7 Å². The van der Waals surface area contributed by atoms with Gasteiger partial charge in [0.2, 0.25) is 0 Å². The van der Waals surface area contributed by atoms with E-state index in [9.17, 15) is 5.11 Å². The molecule has 3 aromatic carbocycles. The molecule has 0 radical (unpaired) electrons. The van der Waals surface area contributed by atoms with Crippen LogP contribution in [0.4, 0.5) is 11.4 Å². The van der Waals surface area contributed by atoms with Crippen LogP contribution in [0.3, 0.4) is 0 Å². The minimum Gasteiger partial charge on any atom is -0.399 e. The number of fused-ring (bicyclic) bond motifs is 1. The van der Waals surface area contributed by atoms with Crippen LogP contribution in [0, 0.1) is 0 Å². The van der Waals surface area contributed by atoms with Crippen LogP contribution in [0.25, 0.3) is 11.1 Å². The molecule has 0 saturated carbocycles. The van der Waals surface area contributed by atoms with E-state index in [0.29, 0.717) is 15.7 Å². The van der Waals surface area contributed by atoms with Gasteiger partial charge in [-0.15, -0.1) is 0 Å². The molecule has 0 amide bonds. The van der Waals surface area contributed by atoms with E-state index in [0.717, 1.165) is 41.6 Å². The minimum absolute atomic E-state index is 0.192. The van der Waals surface area contributed by atoms with E-state index in [1.165, 1.54) is 5.56 Å². The quantitative estimate of drug-likeness (QED) is 0.464. The van der Waals surface area contributed by atoms with Gasteiger partial charge in [-0.05, 0) is 53.8 Å². The number of aliphatic hydroxyl groups excluding tert-OH is 1. The maximum Gasteiger partial charge on any atom is 0.106 e. The molecule has 4 rings (SSSR count). The summed E-state index contributed by atoms with van der Waals surface area (Å²) in [7, 11) is 0. The zero-order valence-corrected chi connectivity index (χ0v) is 17.5. The highest BCUT2D eigenvalue weighted by Gasteiger charge is 2.17. The Bertz CT molecular complexity index is 963. The van der Waals surface area contributed by atoms with Crippen LogP contribution in [0.1, 0.15) is 17.5 Å². The van der Waals surface area contributed by atoms with Gasteiger partial charge in [0, 0.05) is 23.4 Å². The number of nitrogen functional groups attached to an aromatic ring is 2. The number of anilines is 2. The number of aliphatic hydroxyl groups is 1. The van der Waals surface area contributed by atoms with Gasteiger partial charge in [0.15, 0.2) is 0 Å². The molecule has 152 valence electrons. The van der Waals surface area contributed by atoms with Gasteiger partial charge >= 0.3 is 0 Å². The largest absolute Gasteiger partial charge is 0.399 e. The number of carbonyl (C=O) groups excluding carboxylic acids is 1. The topological polar surface area (TPSA) is 89.3 Å². The Morgan fingerprint density at radius 2 is 1.66 bits per heavy atom. The number of halogens is 2. The van der Waals surface area contributed by atoms with Crippen molar-refractivity contribution >= 4 is 41.4 Å². The lowest BCUT2D eigenvalue weighted by Crippen LogP contribution is -2.19. The van der Waals surface area contributed by atoms with Gasteiger partial charge in [-0.25, -0.2) is 0 Å². The molecule has 1 unspecified atom stereocenters. The Kier molecular flexibility index (Phi) is 8.52. The molecule has 0 heterocycles. The summed E-state index contributed by atoms with van der Waals surface area (Å²) in [5.74, 6) is 0. The first-order chi connectivity index (χ1) is 14.0. The molecule has 0 fully saturated rings. The van der Waals surface area contributed by atoms with Crippen LogP contribution in [-0.2, 0) is 17.6 Å². The van der Waals surface area contributed by atoms with E-state index in [-0.39, 0.29) is 6.10 Å². The first-order valence-electron chi connectivity index (χ1n) is 9.09. The second-order valence-electron chi connectivity index (χ2n) is 6.61. The lowest BCUT2D eigenvalue weighted by Gasteiger charge is -2.21. The average molecular weight is 431 g/mol. The van der Waals surface area contributed by atoms with Gasteiger partial charge in [0.1, 0.15) is 6.79 Å². The Morgan fingerprint density at radius 1 is 0.966 bits per heavy atom. The molecule has 0 aromatic heterocycles. The van der Waals surface area contributed by atoms with E-state index < -0.39 is 0 Å². The molecule has 5 N–H and O–H groups in total. The number of carbonyl (C=O) groups is 1. The van der Waals surface area contributed by atoms with Gasteiger partial charge in [0.25, 0.3) is 0 Å². The van der Waals surface area contributed by atoms with E-state index in [2.05, 4.69) is 6.07 Å².